The van der Waals surface area contributed by atoms with Crippen molar-refractivity contribution in [3.05, 3.63) is 54.8 Å². The first kappa shape index (κ1) is 8.69. The first-order valence-corrected chi connectivity index (χ1v) is 4.39. The second-order valence-electron chi connectivity index (χ2n) is 3.08. The summed E-state index contributed by atoms with van der Waals surface area (Å²) < 4.78 is 0. The summed E-state index contributed by atoms with van der Waals surface area (Å²) >= 11 is 0. The van der Waals surface area contributed by atoms with Crippen molar-refractivity contribution < 1.29 is 0 Å². The maximum atomic E-state index is 4.27. The van der Waals surface area contributed by atoms with Crippen LogP contribution < -0.4 is 4.90 Å². The summed E-state index contributed by atoms with van der Waals surface area (Å²) in [7, 11) is 0. The van der Waals surface area contributed by atoms with Gasteiger partial charge < -0.3 is 4.90 Å². The van der Waals surface area contributed by atoms with Crippen LogP contribution in [-0.2, 0) is 0 Å². The molecule has 0 radical (unpaired) electrons. The average Bonchev–Trinajstić information content (AvgIpc) is 2.20. The van der Waals surface area contributed by atoms with E-state index >= 15 is 0 Å². The van der Waals surface area contributed by atoms with Gasteiger partial charge in [0.25, 0.3) is 0 Å². The molecular formula is C11H11N3. The Morgan fingerprint density at radius 3 is 2.71 bits per heavy atom. The monoisotopic (exact) mass is 185 g/mol. The van der Waals surface area contributed by atoms with Crippen LogP contribution in [0.5, 0.6) is 0 Å². The van der Waals surface area contributed by atoms with E-state index < -0.39 is 0 Å². The Morgan fingerprint density at radius 2 is 2.07 bits per heavy atom. The molecule has 0 amide bonds. The molecule has 0 bridgehead atoms. The topological polar surface area (TPSA) is 29.0 Å². The second kappa shape index (κ2) is 3.46. The summed E-state index contributed by atoms with van der Waals surface area (Å²) in [5.74, 6) is 0.793. The van der Waals surface area contributed by atoms with E-state index in [2.05, 4.69) is 16.5 Å². The summed E-state index contributed by atoms with van der Waals surface area (Å²) in [5, 5.41) is 0. The fourth-order valence-corrected chi connectivity index (χ4v) is 1.21. The molecule has 2 heterocycles. The number of aromatic nitrogens is 2. The Hall–Kier alpha value is -1.90. The van der Waals surface area contributed by atoms with E-state index in [9.17, 15) is 0 Å². The smallest absolute Gasteiger partial charge is 0.155 e. The predicted octanol–water partition coefficient (Wildman–Crippen LogP) is 2.19. The van der Waals surface area contributed by atoms with Crippen molar-refractivity contribution in [2.45, 2.75) is 6.92 Å². The first-order valence-electron chi connectivity index (χ1n) is 4.39. The number of hydrogen-bond acceptors (Lipinski definition) is 3. The largest absolute Gasteiger partial charge is 0.301 e. The third-order valence-electron chi connectivity index (χ3n) is 1.96. The van der Waals surface area contributed by atoms with E-state index in [1.165, 1.54) is 0 Å². The lowest BCUT2D eigenvalue weighted by atomic mass is 10.3. The molecule has 0 aliphatic carbocycles. The molecule has 70 valence electrons. The van der Waals surface area contributed by atoms with Gasteiger partial charge in [0.2, 0.25) is 0 Å². The molecule has 0 saturated heterocycles. The maximum Gasteiger partial charge on any atom is 0.155 e. The van der Waals surface area contributed by atoms with Gasteiger partial charge in [-0.2, -0.15) is 0 Å². The van der Waals surface area contributed by atoms with Crippen molar-refractivity contribution >= 4 is 5.82 Å². The van der Waals surface area contributed by atoms with Gasteiger partial charge in [0.05, 0.1) is 18.1 Å². The molecular weight excluding hydrogens is 174 g/mol. The van der Waals surface area contributed by atoms with Crippen molar-refractivity contribution in [3.8, 4) is 0 Å². The Kier molecular flexibility index (Phi) is 2.14. The highest BCUT2D eigenvalue weighted by Gasteiger charge is 2.08. The quantitative estimate of drug-likeness (QED) is 0.671. The molecule has 0 N–H and O–H groups in total. The van der Waals surface area contributed by atoms with Gasteiger partial charge in [0.1, 0.15) is 0 Å². The van der Waals surface area contributed by atoms with Gasteiger partial charge >= 0.3 is 0 Å². The fraction of sp³-hybridized carbons (Fsp3) is 0.0909. The molecule has 1 aromatic rings. The molecule has 0 aromatic carbocycles. The maximum absolute atomic E-state index is 4.27. The number of anilines is 1. The number of nitrogens with zero attached hydrogens (tertiary/aromatic N) is 3. The van der Waals surface area contributed by atoms with Crippen LogP contribution in [-0.4, -0.2) is 9.97 Å². The highest BCUT2D eigenvalue weighted by atomic mass is 15.2. The number of hydrogen-bond donors (Lipinski definition) is 0. The number of aryl methyl sites for hydroxylation is 1. The molecule has 0 unspecified atom stereocenters. The Balaban J connectivity index is 2.31. The molecule has 3 heteroatoms. The summed E-state index contributed by atoms with van der Waals surface area (Å²) in [6.45, 7) is 5.83. The Bertz CT molecular complexity index is 401. The molecule has 1 aliphatic heterocycles. The van der Waals surface area contributed by atoms with Gasteiger partial charge in [-0.15, -0.1) is 0 Å². The van der Waals surface area contributed by atoms with E-state index in [1.54, 1.807) is 12.4 Å². The Labute approximate surface area is 83.1 Å². The lowest BCUT2D eigenvalue weighted by molar-refractivity contribution is 1.05. The van der Waals surface area contributed by atoms with E-state index in [0.717, 1.165) is 17.2 Å². The summed E-state index contributed by atoms with van der Waals surface area (Å²) in [6, 6.07) is 0. The highest BCUT2D eigenvalue weighted by Crippen LogP contribution is 2.18. The van der Waals surface area contributed by atoms with Crippen molar-refractivity contribution in [2.75, 3.05) is 4.90 Å². The van der Waals surface area contributed by atoms with Gasteiger partial charge in [-0.3, -0.25) is 4.98 Å². The van der Waals surface area contributed by atoms with Crippen LogP contribution in [0.15, 0.2) is 49.1 Å². The van der Waals surface area contributed by atoms with E-state index in [1.807, 2.05) is 36.3 Å². The van der Waals surface area contributed by atoms with E-state index in [0.29, 0.717) is 0 Å². The molecule has 0 fully saturated rings. The standard InChI is InChI=1S/C11H11N3/c1-9-7-13-11(8-12-9)14-6-4-3-5-10(14)2/h3-8H,2H2,1H3. The predicted molar refractivity (Wildman–Crippen MR) is 56.7 cm³/mol. The van der Waals surface area contributed by atoms with Crippen LogP contribution in [0.2, 0.25) is 0 Å². The third kappa shape index (κ3) is 1.57. The zero-order chi connectivity index (χ0) is 9.97. The Morgan fingerprint density at radius 1 is 1.21 bits per heavy atom. The molecule has 14 heavy (non-hydrogen) atoms. The van der Waals surface area contributed by atoms with Gasteiger partial charge in [-0.05, 0) is 19.1 Å². The summed E-state index contributed by atoms with van der Waals surface area (Å²) in [6.07, 6.45) is 11.2. The SMILES string of the molecule is C=C1C=CC=CN1c1cnc(C)cn1. The molecule has 3 nitrogen and oxygen atoms in total. The molecule has 0 atom stereocenters. The van der Waals surface area contributed by atoms with Crippen molar-refractivity contribution in [2.24, 2.45) is 0 Å². The van der Waals surface area contributed by atoms with Gasteiger partial charge in [0.15, 0.2) is 5.82 Å². The summed E-state index contributed by atoms with van der Waals surface area (Å²) in [4.78, 5) is 10.4. The minimum absolute atomic E-state index is 0.793. The normalized spacial score (nSPS) is 14.9. The summed E-state index contributed by atoms with van der Waals surface area (Å²) in [5.41, 5.74) is 1.81. The zero-order valence-electron chi connectivity index (χ0n) is 8.01. The highest BCUT2D eigenvalue weighted by molar-refractivity contribution is 5.53. The van der Waals surface area contributed by atoms with E-state index in [-0.39, 0.29) is 0 Å². The van der Waals surface area contributed by atoms with Crippen LogP contribution in [0.3, 0.4) is 0 Å². The second-order valence-corrected chi connectivity index (χ2v) is 3.08. The van der Waals surface area contributed by atoms with Gasteiger partial charge in [-0.1, -0.05) is 12.7 Å². The van der Waals surface area contributed by atoms with E-state index in [4.69, 9.17) is 0 Å². The number of rotatable bonds is 1. The zero-order valence-corrected chi connectivity index (χ0v) is 8.01. The van der Waals surface area contributed by atoms with Crippen LogP contribution >= 0.6 is 0 Å². The molecule has 0 saturated carbocycles. The minimum Gasteiger partial charge on any atom is -0.301 e. The van der Waals surface area contributed by atoms with Crippen molar-refractivity contribution in [1.82, 2.24) is 9.97 Å². The fourth-order valence-electron chi connectivity index (χ4n) is 1.21. The molecule has 1 aliphatic rings. The lowest BCUT2D eigenvalue weighted by Crippen LogP contribution is -2.16. The van der Waals surface area contributed by atoms with Crippen molar-refractivity contribution in [3.63, 3.8) is 0 Å². The minimum atomic E-state index is 0.793. The molecule has 0 spiro atoms. The van der Waals surface area contributed by atoms with Crippen molar-refractivity contribution in [1.29, 1.82) is 0 Å². The number of allylic oxidation sites excluding steroid dienone is 3. The van der Waals surface area contributed by atoms with Crippen LogP contribution in [0, 0.1) is 6.92 Å². The molecule has 1 aromatic heterocycles. The van der Waals surface area contributed by atoms with Crippen LogP contribution in [0.25, 0.3) is 0 Å². The third-order valence-corrected chi connectivity index (χ3v) is 1.96. The van der Waals surface area contributed by atoms with Gasteiger partial charge in [0, 0.05) is 11.9 Å². The average molecular weight is 185 g/mol. The lowest BCUT2D eigenvalue weighted by Gasteiger charge is -2.20. The van der Waals surface area contributed by atoms with Crippen LogP contribution in [0.1, 0.15) is 5.69 Å². The van der Waals surface area contributed by atoms with Gasteiger partial charge in [-0.25, -0.2) is 4.98 Å². The molecule has 2 rings (SSSR count). The van der Waals surface area contributed by atoms with Crippen LogP contribution in [0.4, 0.5) is 5.82 Å². The first-order chi connectivity index (χ1) is 6.77.